The van der Waals surface area contributed by atoms with Crippen molar-refractivity contribution in [3.05, 3.63) is 65.2 Å². The summed E-state index contributed by atoms with van der Waals surface area (Å²) in [4.78, 5) is 28.0. The van der Waals surface area contributed by atoms with Gasteiger partial charge in [0.2, 0.25) is 0 Å². The van der Waals surface area contributed by atoms with Crippen molar-refractivity contribution in [2.45, 2.75) is 32.9 Å². The number of nitrogens with zero attached hydrogens (tertiary/aromatic N) is 1. The Kier molecular flexibility index (Phi) is 7.69. The molecule has 0 saturated heterocycles. The van der Waals surface area contributed by atoms with E-state index in [2.05, 4.69) is 64.1 Å². The molecule has 0 radical (unpaired) electrons. The van der Waals surface area contributed by atoms with Crippen LogP contribution in [0.25, 0.3) is 0 Å². The van der Waals surface area contributed by atoms with Crippen LogP contribution in [0.15, 0.2) is 48.5 Å². The average Bonchev–Trinajstić information content (AvgIpc) is 2.77. The van der Waals surface area contributed by atoms with Gasteiger partial charge in [-0.3, -0.25) is 9.59 Å². The van der Waals surface area contributed by atoms with Crippen LogP contribution in [-0.2, 0) is 22.6 Å². The van der Waals surface area contributed by atoms with E-state index in [-0.39, 0.29) is 6.04 Å². The Morgan fingerprint density at radius 3 is 2.16 bits per heavy atom. The lowest BCUT2D eigenvalue weighted by Gasteiger charge is -2.33. The Labute approximate surface area is 185 Å². The average molecular weight is 424 g/mol. The van der Waals surface area contributed by atoms with Crippen molar-refractivity contribution in [3.8, 4) is 0 Å². The van der Waals surface area contributed by atoms with Crippen LogP contribution >= 0.6 is 0 Å². The highest BCUT2D eigenvalue weighted by Crippen LogP contribution is 2.18. The number of hydrogen-bond donors (Lipinski definition) is 3. The van der Waals surface area contributed by atoms with E-state index >= 15 is 0 Å². The summed E-state index contributed by atoms with van der Waals surface area (Å²) in [6.45, 7) is 6.83. The fraction of sp³-hybridized carbons (Fsp3) is 0.440. The SMILES string of the molecule is CC(C)CNC(=O)C(=O)NC[C@@H](c1ccc(N(C)C)cc1)[NH+]1CCc2ccccc2C1. The summed E-state index contributed by atoms with van der Waals surface area (Å²) in [5.41, 5.74) is 5.08. The van der Waals surface area contributed by atoms with Crippen molar-refractivity contribution in [2.24, 2.45) is 5.92 Å². The summed E-state index contributed by atoms with van der Waals surface area (Å²) < 4.78 is 0. The molecule has 166 valence electrons. The zero-order valence-electron chi connectivity index (χ0n) is 19.1. The number of carbonyl (C=O) groups excluding carboxylic acids is 2. The van der Waals surface area contributed by atoms with Gasteiger partial charge in [0.25, 0.3) is 0 Å². The number of amides is 2. The first-order valence-corrected chi connectivity index (χ1v) is 11.1. The molecule has 1 aliphatic rings. The molecule has 0 saturated carbocycles. The minimum absolute atomic E-state index is 0.0754. The standard InChI is InChI=1S/C25H34N4O2/c1-18(2)15-26-24(30)25(31)27-16-23(20-9-11-22(12-10-20)28(3)4)29-14-13-19-7-5-6-8-21(19)17-29/h5-12,18,23H,13-17H2,1-4H3,(H,26,30)(H,27,31)/p+1/t23-/m0/s1. The van der Waals surface area contributed by atoms with Crippen molar-refractivity contribution < 1.29 is 14.5 Å². The summed E-state index contributed by atoms with van der Waals surface area (Å²) in [5.74, 6) is -0.820. The van der Waals surface area contributed by atoms with Crippen LogP contribution < -0.4 is 20.4 Å². The van der Waals surface area contributed by atoms with Crippen molar-refractivity contribution in [2.75, 3.05) is 38.6 Å². The largest absolute Gasteiger partial charge is 0.378 e. The fourth-order valence-electron chi connectivity index (χ4n) is 4.05. The lowest BCUT2D eigenvalue weighted by atomic mass is 9.96. The fourth-order valence-corrected chi connectivity index (χ4v) is 4.05. The Morgan fingerprint density at radius 2 is 1.55 bits per heavy atom. The molecular formula is C25H35N4O2+. The zero-order valence-corrected chi connectivity index (χ0v) is 19.1. The molecule has 2 atom stereocenters. The summed E-state index contributed by atoms with van der Waals surface area (Å²) >= 11 is 0. The van der Waals surface area contributed by atoms with Gasteiger partial charge in [-0.15, -0.1) is 0 Å². The van der Waals surface area contributed by atoms with Gasteiger partial charge in [-0.05, 0) is 23.6 Å². The monoisotopic (exact) mass is 423 g/mol. The highest BCUT2D eigenvalue weighted by Gasteiger charge is 2.29. The molecule has 1 unspecified atom stereocenters. The smallest absolute Gasteiger partial charge is 0.309 e. The molecule has 6 nitrogen and oxygen atoms in total. The highest BCUT2D eigenvalue weighted by molar-refractivity contribution is 6.35. The van der Waals surface area contributed by atoms with E-state index < -0.39 is 11.8 Å². The lowest BCUT2D eigenvalue weighted by Crippen LogP contribution is -3.12. The second kappa shape index (κ2) is 10.4. The quantitative estimate of drug-likeness (QED) is 0.589. The first kappa shape index (κ1) is 22.8. The summed E-state index contributed by atoms with van der Waals surface area (Å²) in [5, 5.41) is 5.58. The topological polar surface area (TPSA) is 65.9 Å². The molecule has 3 N–H and O–H groups in total. The van der Waals surface area contributed by atoms with E-state index in [9.17, 15) is 9.59 Å². The van der Waals surface area contributed by atoms with E-state index in [0.29, 0.717) is 19.0 Å². The number of fused-ring (bicyclic) bond motifs is 1. The highest BCUT2D eigenvalue weighted by atomic mass is 16.2. The first-order chi connectivity index (χ1) is 14.8. The number of anilines is 1. The molecule has 2 aromatic rings. The number of nitrogens with one attached hydrogen (secondary N) is 3. The molecule has 0 bridgehead atoms. The van der Waals surface area contributed by atoms with Crippen molar-refractivity contribution >= 4 is 17.5 Å². The third-order valence-electron chi connectivity index (χ3n) is 5.90. The zero-order chi connectivity index (χ0) is 22.4. The van der Waals surface area contributed by atoms with Gasteiger partial charge < -0.3 is 20.4 Å². The van der Waals surface area contributed by atoms with Gasteiger partial charge in [0.1, 0.15) is 12.6 Å². The molecule has 1 heterocycles. The molecule has 2 amide bonds. The molecule has 1 aliphatic heterocycles. The summed E-state index contributed by atoms with van der Waals surface area (Å²) in [6, 6.07) is 17.1. The van der Waals surface area contributed by atoms with Crippen LogP contribution in [-0.4, -0.2) is 45.5 Å². The minimum Gasteiger partial charge on any atom is -0.378 e. The minimum atomic E-state index is -0.563. The van der Waals surface area contributed by atoms with Gasteiger partial charge in [-0.2, -0.15) is 0 Å². The Balaban J connectivity index is 1.75. The van der Waals surface area contributed by atoms with Crippen LogP contribution in [0.3, 0.4) is 0 Å². The van der Waals surface area contributed by atoms with Gasteiger partial charge in [0.05, 0.1) is 13.1 Å². The number of hydrogen-bond acceptors (Lipinski definition) is 3. The molecular weight excluding hydrogens is 388 g/mol. The van der Waals surface area contributed by atoms with Gasteiger partial charge in [0, 0.05) is 43.9 Å². The number of carbonyl (C=O) groups is 2. The maximum absolute atomic E-state index is 12.4. The van der Waals surface area contributed by atoms with E-state index in [1.807, 2.05) is 27.9 Å². The predicted molar refractivity (Wildman–Crippen MR) is 124 cm³/mol. The Morgan fingerprint density at radius 1 is 0.935 bits per heavy atom. The third-order valence-corrected chi connectivity index (χ3v) is 5.90. The third kappa shape index (κ3) is 6.07. The normalized spacial score (nSPS) is 16.4. The molecule has 2 aromatic carbocycles. The molecule has 0 fully saturated rings. The van der Waals surface area contributed by atoms with E-state index in [1.54, 1.807) is 0 Å². The van der Waals surface area contributed by atoms with Crippen LogP contribution in [0.5, 0.6) is 0 Å². The van der Waals surface area contributed by atoms with Crippen molar-refractivity contribution in [1.29, 1.82) is 0 Å². The van der Waals surface area contributed by atoms with E-state index in [4.69, 9.17) is 0 Å². The van der Waals surface area contributed by atoms with Crippen molar-refractivity contribution in [1.82, 2.24) is 10.6 Å². The van der Waals surface area contributed by atoms with Crippen LogP contribution in [0.2, 0.25) is 0 Å². The summed E-state index contributed by atoms with van der Waals surface area (Å²) in [7, 11) is 4.05. The predicted octanol–water partition coefficient (Wildman–Crippen LogP) is 1.32. The van der Waals surface area contributed by atoms with E-state index in [1.165, 1.54) is 21.6 Å². The molecule has 31 heavy (non-hydrogen) atoms. The second-order valence-corrected chi connectivity index (χ2v) is 8.96. The van der Waals surface area contributed by atoms with Gasteiger partial charge in [0.15, 0.2) is 0 Å². The van der Waals surface area contributed by atoms with Crippen LogP contribution in [0.1, 0.15) is 36.6 Å². The van der Waals surface area contributed by atoms with Gasteiger partial charge in [-0.1, -0.05) is 50.2 Å². The molecule has 0 aromatic heterocycles. The van der Waals surface area contributed by atoms with Gasteiger partial charge in [-0.25, -0.2) is 0 Å². The number of benzene rings is 2. The first-order valence-electron chi connectivity index (χ1n) is 11.1. The van der Waals surface area contributed by atoms with Crippen LogP contribution in [0.4, 0.5) is 5.69 Å². The van der Waals surface area contributed by atoms with Gasteiger partial charge >= 0.3 is 11.8 Å². The maximum atomic E-state index is 12.4. The maximum Gasteiger partial charge on any atom is 0.309 e. The van der Waals surface area contributed by atoms with Crippen molar-refractivity contribution in [3.63, 3.8) is 0 Å². The molecule has 6 heteroatoms. The van der Waals surface area contributed by atoms with E-state index in [0.717, 1.165) is 25.2 Å². The molecule has 3 rings (SSSR count). The van der Waals surface area contributed by atoms with Crippen LogP contribution in [0, 0.1) is 5.92 Å². The Bertz CT molecular complexity index is 893. The number of quaternary nitrogens is 1. The second-order valence-electron chi connectivity index (χ2n) is 8.96. The Hall–Kier alpha value is -2.86. The molecule has 0 aliphatic carbocycles. The lowest BCUT2D eigenvalue weighted by molar-refractivity contribution is -0.945. The molecule has 0 spiro atoms. The number of rotatable bonds is 7. The summed E-state index contributed by atoms with van der Waals surface area (Å²) in [6.07, 6.45) is 1.01.